The summed E-state index contributed by atoms with van der Waals surface area (Å²) in [6.07, 6.45) is 1.62. The van der Waals surface area contributed by atoms with Crippen LogP contribution < -0.4 is 14.3 Å². The lowest BCUT2D eigenvalue weighted by Gasteiger charge is -2.07. The van der Waals surface area contributed by atoms with Gasteiger partial charge in [0, 0.05) is 31.4 Å². The van der Waals surface area contributed by atoms with Crippen LogP contribution in [0.3, 0.4) is 0 Å². The molecule has 0 fully saturated rings. The second-order valence-electron chi connectivity index (χ2n) is 5.79. The number of thiazole rings is 1. The Morgan fingerprint density at radius 1 is 1.33 bits per heavy atom. The number of carbonyl (C=O) groups excluding carboxylic acids is 1. The van der Waals surface area contributed by atoms with Crippen LogP contribution in [0.15, 0.2) is 29.4 Å². The highest BCUT2D eigenvalue weighted by atomic mass is 32.1. The fourth-order valence-corrected chi connectivity index (χ4v) is 3.69. The predicted molar refractivity (Wildman–Crippen MR) is 89.4 cm³/mol. The number of benzene rings is 1. The van der Waals surface area contributed by atoms with Crippen molar-refractivity contribution in [3.05, 3.63) is 34.9 Å². The number of fused-ring (bicyclic) bond motifs is 2. The molecule has 1 aliphatic heterocycles. The van der Waals surface area contributed by atoms with E-state index >= 15 is 0 Å². The Morgan fingerprint density at radius 3 is 2.83 bits per heavy atom. The second kappa shape index (κ2) is 5.48. The van der Waals surface area contributed by atoms with Crippen LogP contribution in [-0.4, -0.2) is 27.0 Å². The van der Waals surface area contributed by atoms with Gasteiger partial charge in [-0.3, -0.25) is 9.48 Å². The molecule has 8 heteroatoms. The summed E-state index contributed by atoms with van der Waals surface area (Å²) >= 11 is 1.44. The smallest absolute Gasteiger partial charge is 0.297 e. The molecule has 0 atom stereocenters. The molecule has 0 unspecified atom stereocenters. The SMILES string of the molecule is CC(C)n1nccc1C(=O)N=c1sc2cc3c(cc2n1C)OCO3. The number of carbonyl (C=O) groups is 1. The third-order valence-corrected chi connectivity index (χ3v) is 4.97. The summed E-state index contributed by atoms with van der Waals surface area (Å²) in [6, 6.07) is 5.62. The van der Waals surface area contributed by atoms with Crippen molar-refractivity contribution in [3.8, 4) is 11.5 Å². The summed E-state index contributed by atoms with van der Waals surface area (Å²) in [5, 5.41) is 4.18. The molecule has 7 nitrogen and oxygen atoms in total. The van der Waals surface area contributed by atoms with E-state index in [4.69, 9.17) is 9.47 Å². The number of nitrogens with zero attached hydrogens (tertiary/aromatic N) is 4. The van der Waals surface area contributed by atoms with Gasteiger partial charge in [0.1, 0.15) is 5.69 Å². The van der Waals surface area contributed by atoms with Crippen molar-refractivity contribution in [1.29, 1.82) is 0 Å². The fourth-order valence-electron chi connectivity index (χ4n) is 2.66. The standard InChI is InChI=1S/C16H16N4O3S/c1-9(2)20-10(4-5-17-20)15(21)18-16-19(3)11-6-12-13(23-8-22-12)7-14(11)24-16/h4-7,9H,8H2,1-3H3. The molecule has 0 saturated carbocycles. The van der Waals surface area contributed by atoms with Crippen LogP contribution in [0.4, 0.5) is 0 Å². The van der Waals surface area contributed by atoms with Crippen molar-refractivity contribution >= 4 is 27.5 Å². The minimum Gasteiger partial charge on any atom is -0.454 e. The number of hydrogen-bond donors (Lipinski definition) is 0. The van der Waals surface area contributed by atoms with E-state index in [1.165, 1.54) is 11.3 Å². The third-order valence-electron chi connectivity index (χ3n) is 3.88. The van der Waals surface area contributed by atoms with E-state index in [1.54, 1.807) is 16.9 Å². The molecule has 3 heterocycles. The lowest BCUT2D eigenvalue weighted by Crippen LogP contribution is -2.16. The normalized spacial score (nSPS) is 14.1. The Balaban J connectivity index is 1.81. The Morgan fingerprint density at radius 2 is 2.08 bits per heavy atom. The summed E-state index contributed by atoms with van der Waals surface area (Å²) in [6.45, 7) is 4.20. The van der Waals surface area contributed by atoms with Gasteiger partial charge in [0.2, 0.25) is 6.79 Å². The van der Waals surface area contributed by atoms with Gasteiger partial charge in [-0.15, -0.1) is 0 Å². The van der Waals surface area contributed by atoms with Gasteiger partial charge < -0.3 is 14.0 Å². The van der Waals surface area contributed by atoms with E-state index in [2.05, 4.69) is 10.1 Å². The Hall–Kier alpha value is -2.61. The molecule has 3 aromatic rings. The largest absolute Gasteiger partial charge is 0.454 e. The van der Waals surface area contributed by atoms with E-state index in [-0.39, 0.29) is 18.7 Å². The van der Waals surface area contributed by atoms with Gasteiger partial charge in [0.25, 0.3) is 5.91 Å². The summed E-state index contributed by atoms with van der Waals surface area (Å²) < 4.78 is 15.4. The van der Waals surface area contributed by atoms with Crippen molar-refractivity contribution in [3.63, 3.8) is 0 Å². The Bertz CT molecular complexity index is 1010. The van der Waals surface area contributed by atoms with Gasteiger partial charge in [0.15, 0.2) is 16.3 Å². The molecule has 124 valence electrons. The number of rotatable bonds is 2. The molecule has 1 aliphatic rings. The number of aryl methyl sites for hydroxylation is 1. The molecule has 4 rings (SSSR count). The zero-order valence-electron chi connectivity index (χ0n) is 13.5. The highest BCUT2D eigenvalue weighted by Crippen LogP contribution is 2.36. The summed E-state index contributed by atoms with van der Waals surface area (Å²) in [7, 11) is 1.88. The zero-order valence-corrected chi connectivity index (χ0v) is 14.3. The molecule has 0 bridgehead atoms. The summed E-state index contributed by atoms with van der Waals surface area (Å²) in [4.78, 5) is 17.5. The first-order valence-corrected chi connectivity index (χ1v) is 8.38. The lowest BCUT2D eigenvalue weighted by atomic mass is 10.3. The molecule has 0 aliphatic carbocycles. The minimum atomic E-state index is -0.302. The predicted octanol–water partition coefficient (Wildman–Crippen LogP) is 2.49. The van der Waals surface area contributed by atoms with Gasteiger partial charge in [-0.1, -0.05) is 11.3 Å². The van der Waals surface area contributed by atoms with Crippen LogP contribution in [0.1, 0.15) is 30.4 Å². The molecule has 1 aromatic carbocycles. The van der Waals surface area contributed by atoms with Gasteiger partial charge in [-0.25, -0.2) is 0 Å². The fraction of sp³-hybridized carbons (Fsp3) is 0.312. The first-order chi connectivity index (χ1) is 11.5. The van der Waals surface area contributed by atoms with Crippen molar-refractivity contribution in [1.82, 2.24) is 14.3 Å². The Kier molecular flexibility index (Phi) is 3.42. The molecule has 24 heavy (non-hydrogen) atoms. The Labute approximate surface area is 141 Å². The van der Waals surface area contributed by atoms with Crippen molar-refractivity contribution in [2.45, 2.75) is 19.9 Å². The average Bonchev–Trinajstić information content (AvgIpc) is 3.25. The first kappa shape index (κ1) is 14.9. The van der Waals surface area contributed by atoms with Gasteiger partial charge >= 0.3 is 0 Å². The monoisotopic (exact) mass is 344 g/mol. The van der Waals surface area contributed by atoms with Gasteiger partial charge in [0.05, 0.1) is 10.2 Å². The van der Waals surface area contributed by atoms with Crippen LogP contribution in [0.25, 0.3) is 10.2 Å². The topological polar surface area (TPSA) is 70.6 Å². The maximum absolute atomic E-state index is 12.5. The third kappa shape index (κ3) is 2.30. The lowest BCUT2D eigenvalue weighted by molar-refractivity contribution is 0.0986. The van der Waals surface area contributed by atoms with Crippen LogP contribution in [0.5, 0.6) is 11.5 Å². The van der Waals surface area contributed by atoms with Crippen molar-refractivity contribution in [2.24, 2.45) is 12.0 Å². The van der Waals surface area contributed by atoms with E-state index in [9.17, 15) is 4.79 Å². The maximum atomic E-state index is 12.5. The molecule has 0 spiro atoms. The highest BCUT2D eigenvalue weighted by molar-refractivity contribution is 7.16. The van der Waals surface area contributed by atoms with Crippen LogP contribution in [0, 0.1) is 0 Å². The van der Waals surface area contributed by atoms with E-state index in [0.717, 1.165) is 16.0 Å². The van der Waals surface area contributed by atoms with E-state index in [1.807, 2.05) is 37.6 Å². The van der Waals surface area contributed by atoms with Gasteiger partial charge in [-0.2, -0.15) is 10.1 Å². The number of amides is 1. The van der Waals surface area contributed by atoms with Crippen LogP contribution >= 0.6 is 11.3 Å². The number of hydrogen-bond acceptors (Lipinski definition) is 5. The molecular formula is C16H16N4O3S. The number of aromatic nitrogens is 3. The first-order valence-electron chi connectivity index (χ1n) is 7.56. The average molecular weight is 344 g/mol. The summed E-state index contributed by atoms with van der Waals surface area (Å²) in [5.74, 6) is 1.13. The molecule has 2 aromatic heterocycles. The highest BCUT2D eigenvalue weighted by Gasteiger charge is 2.18. The summed E-state index contributed by atoms with van der Waals surface area (Å²) in [5.41, 5.74) is 1.43. The molecule has 0 saturated heterocycles. The van der Waals surface area contributed by atoms with Crippen LogP contribution in [0.2, 0.25) is 0 Å². The molecular weight excluding hydrogens is 328 g/mol. The quantitative estimate of drug-likeness (QED) is 0.716. The zero-order chi connectivity index (χ0) is 16.8. The van der Waals surface area contributed by atoms with Crippen molar-refractivity contribution in [2.75, 3.05) is 6.79 Å². The molecule has 0 radical (unpaired) electrons. The maximum Gasteiger partial charge on any atom is 0.297 e. The van der Waals surface area contributed by atoms with Crippen LogP contribution in [-0.2, 0) is 7.05 Å². The molecule has 0 N–H and O–H groups in total. The van der Waals surface area contributed by atoms with E-state index < -0.39 is 0 Å². The van der Waals surface area contributed by atoms with Crippen molar-refractivity contribution < 1.29 is 14.3 Å². The van der Waals surface area contributed by atoms with E-state index in [0.29, 0.717) is 16.2 Å². The molecule has 1 amide bonds. The minimum absolute atomic E-state index is 0.0996. The second-order valence-corrected chi connectivity index (χ2v) is 6.80. The number of ether oxygens (including phenoxy) is 2. The van der Waals surface area contributed by atoms with Gasteiger partial charge in [-0.05, 0) is 19.9 Å².